The number of ether oxygens (including phenoxy) is 1. The number of nitrogens with two attached hydrogens (primary N) is 1. The summed E-state index contributed by atoms with van der Waals surface area (Å²) in [6.45, 7) is 10.6. The Bertz CT molecular complexity index is 134. The van der Waals surface area contributed by atoms with E-state index in [1.807, 2.05) is 20.8 Å². The molecule has 0 spiro atoms. The van der Waals surface area contributed by atoms with Crippen LogP contribution in [-0.2, 0) is 4.74 Å². The third-order valence-corrected chi connectivity index (χ3v) is 1.94. The summed E-state index contributed by atoms with van der Waals surface area (Å²) in [7, 11) is 0. The van der Waals surface area contributed by atoms with Crippen molar-refractivity contribution in [2.24, 2.45) is 5.73 Å². The van der Waals surface area contributed by atoms with Gasteiger partial charge in [-0.05, 0) is 33.6 Å². The number of hydrogen-bond donors (Lipinski definition) is 1. The molecule has 2 N–H and O–H groups in total. The summed E-state index contributed by atoms with van der Waals surface area (Å²) >= 11 is 0. The van der Waals surface area contributed by atoms with Gasteiger partial charge in [0, 0.05) is 12.6 Å². The summed E-state index contributed by atoms with van der Waals surface area (Å²) in [4.78, 5) is 0. The summed E-state index contributed by atoms with van der Waals surface area (Å²) in [6.07, 6.45) is 2.13. The molecule has 0 saturated carbocycles. The van der Waals surface area contributed by atoms with Gasteiger partial charge in [-0.1, -0.05) is 5.57 Å². The van der Waals surface area contributed by atoms with Crippen LogP contribution < -0.4 is 5.73 Å². The topological polar surface area (TPSA) is 35.2 Å². The molecule has 0 heterocycles. The van der Waals surface area contributed by atoms with Crippen LogP contribution in [0, 0.1) is 0 Å². The molecule has 0 aliphatic carbocycles. The summed E-state index contributed by atoms with van der Waals surface area (Å²) in [6, 6.07) is 0.140. The molecular formula is C10H21NO. The lowest BCUT2D eigenvalue weighted by Crippen LogP contribution is -2.34. The maximum atomic E-state index is 5.89. The third kappa shape index (κ3) is 5.33. The molecule has 0 rings (SSSR count). The fraction of sp³-hybridized carbons (Fsp3) is 0.800. The van der Waals surface area contributed by atoms with E-state index in [2.05, 4.69) is 6.58 Å². The minimum absolute atomic E-state index is 0.140. The molecule has 2 atom stereocenters. The zero-order valence-corrected chi connectivity index (χ0v) is 8.47. The van der Waals surface area contributed by atoms with E-state index < -0.39 is 0 Å². The van der Waals surface area contributed by atoms with E-state index in [-0.39, 0.29) is 12.1 Å². The van der Waals surface area contributed by atoms with Gasteiger partial charge in [-0.25, -0.2) is 0 Å². The lowest BCUT2D eigenvalue weighted by molar-refractivity contribution is 0.0557. The summed E-state index contributed by atoms with van der Waals surface area (Å²) in [5, 5.41) is 0. The minimum Gasteiger partial charge on any atom is -0.377 e. The van der Waals surface area contributed by atoms with Crippen molar-refractivity contribution in [3.8, 4) is 0 Å². The molecule has 0 aliphatic rings. The fourth-order valence-electron chi connectivity index (χ4n) is 1.03. The first-order valence-electron chi connectivity index (χ1n) is 4.59. The van der Waals surface area contributed by atoms with E-state index in [1.54, 1.807) is 0 Å². The Hall–Kier alpha value is -0.340. The maximum Gasteiger partial charge on any atom is 0.0697 e. The van der Waals surface area contributed by atoms with Crippen molar-refractivity contribution in [2.75, 3.05) is 6.61 Å². The van der Waals surface area contributed by atoms with Gasteiger partial charge in [-0.15, -0.1) is 6.58 Å². The SMILES string of the molecule is C=C(C)CCC(N)C(C)OCC. The molecule has 0 fully saturated rings. The second kappa shape index (κ2) is 6.21. The minimum atomic E-state index is 0.140. The molecule has 0 radical (unpaired) electrons. The van der Waals surface area contributed by atoms with Crippen LogP contribution in [0.2, 0.25) is 0 Å². The predicted octanol–water partition coefficient (Wildman–Crippen LogP) is 2.09. The highest BCUT2D eigenvalue weighted by Crippen LogP contribution is 2.07. The molecule has 2 unspecified atom stereocenters. The van der Waals surface area contributed by atoms with Crippen LogP contribution in [0.1, 0.15) is 33.6 Å². The maximum absolute atomic E-state index is 5.89. The molecule has 0 aromatic carbocycles. The molecule has 12 heavy (non-hydrogen) atoms. The predicted molar refractivity (Wildman–Crippen MR) is 53.1 cm³/mol. The van der Waals surface area contributed by atoms with E-state index in [9.17, 15) is 0 Å². The Balaban J connectivity index is 3.55. The zero-order valence-electron chi connectivity index (χ0n) is 8.47. The van der Waals surface area contributed by atoms with Crippen molar-refractivity contribution < 1.29 is 4.74 Å². The zero-order chi connectivity index (χ0) is 9.56. The average Bonchev–Trinajstić information content (AvgIpc) is 2.00. The highest BCUT2D eigenvalue weighted by atomic mass is 16.5. The highest BCUT2D eigenvalue weighted by Gasteiger charge is 2.11. The van der Waals surface area contributed by atoms with Crippen molar-refractivity contribution in [3.05, 3.63) is 12.2 Å². The van der Waals surface area contributed by atoms with Crippen LogP contribution in [0.5, 0.6) is 0 Å². The van der Waals surface area contributed by atoms with E-state index in [4.69, 9.17) is 10.5 Å². The van der Waals surface area contributed by atoms with Crippen molar-refractivity contribution in [3.63, 3.8) is 0 Å². The van der Waals surface area contributed by atoms with E-state index in [0.717, 1.165) is 19.4 Å². The first-order chi connectivity index (χ1) is 5.57. The van der Waals surface area contributed by atoms with Gasteiger partial charge in [0.15, 0.2) is 0 Å². The first-order valence-corrected chi connectivity index (χ1v) is 4.59. The smallest absolute Gasteiger partial charge is 0.0697 e. The Morgan fingerprint density at radius 3 is 2.58 bits per heavy atom. The first kappa shape index (κ1) is 11.7. The van der Waals surface area contributed by atoms with Gasteiger partial charge in [0.1, 0.15) is 0 Å². The molecule has 0 aromatic heterocycles. The van der Waals surface area contributed by atoms with E-state index in [0.29, 0.717) is 0 Å². The molecule has 72 valence electrons. The van der Waals surface area contributed by atoms with Crippen LogP contribution in [0.4, 0.5) is 0 Å². The highest BCUT2D eigenvalue weighted by molar-refractivity contribution is 4.89. The van der Waals surface area contributed by atoms with Crippen LogP contribution >= 0.6 is 0 Å². The standard InChI is InChI=1S/C10H21NO/c1-5-12-9(4)10(11)7-6-8(2)3/h9-10H,2,5-7,11H2,1,3-4H3. The van der Waals surface area contributed by atoms with Gasteiger partial charge in [-0.2, -0.15) is 0 Å². The van der Waals surface area contributed by atoms with Crippen LogP contribution in [0.15, 0.2) is 12.2 Å². The number of allylic oxidation sites excluding steroid dienone is 1. The summed E-state index contributed by atoms with van der Waals surface area (Å²) in [5.41, 5.74) is 7.07. The van der Waals surface area contributed by atoms with Gasteiger partial charge in [0.2, 0.25) is 0 Å². The largest absolute Gasteiger partial charge is 0.377 e. The molecule has 2 nitrogen and oxygen atoms in total. The molecule has 0 aliphatic heterocycles. The van der Waals surface area contributed by atoms with Crippen molar-refractivity contribution in [1.82, 2.24) is 0 Å². The third-order valence-electron chi connectivity index (χ3n) is 1.94. The number of rotatable bonds is 6. The van der Waals surface area contributed by atoms with Gasteiger partial charge in [-0.3, -0.25) is 0 Å². The van der Waals surface area contributed by atoms with Crippen molar-refractivity contribution >= 4 is 0 Å². The molecule has 0 aromatic rings. The van der Waals surface area contributed by atoms with Crippen molar-refractivity contribution in [1.29, 1.82) is 0 Å². The normalized spacial score (nSPS) is 15.7. The van der Waals surface area contributed by atoms with E-state index >= 15 is 0 Å². The lowest BCUT2D eigenvalue weighted by Gasteiger charge is -2.19. The molecule has 0 amide bonds. The second-order valence-corrected chi connectivity index (χ2v) is 3.32. The molecular weight excluding hydrogens is 150 g/mol. The second-order valence-electron chi connectivity index (χ2n) is 3.32. The van der Waals surface area contributed by atoms with E-state index in [1.165, 1.54) is 5.57 Å². The Kier molecular flexibility index (Phi) is 6.03. The van der Waals surface area contributed by atoms with Crippen LogP contribution in [-0.4, -0.2) is 18.8 Å². The quantitative estimate of drug-likeness (QED) is 0.621. The number of hydrogen-bond acceptors (Lipinski definition) is 2. The van der Waals surface area contributed by atoms with Crippen molar-refractivity contribution in [2.45, 2.75) is 45.8 Å². The average molecular weight is 171 g/mol. The Morgan fingerprint density at radius 1 is 1.58 bits per heavy atom. The molecule has 0 bridgehead atoms. The van der Waals surface area contributed by atoms with Crippen LogP contribution in [0.25, 0.3) is 0 Å². The van der Waals surface area contributed by atoms with Gasteiger partial charge in [0.05, 0.1) is 6.10 Å². The summed E-state index contributed by atoms with van der Waals surface area (Å²) < 4.78 is 5.38. The van der Waals surface area contributed by atoms with Gasteiger partial charge < -0.3 is 10.5 Å². The Morgan fingerprint density at radius 2 is 2.17 bits per heavy atom. The van der Waals surface area contributed by atoms with Gasteiger partial charge >= 0.3 is 0 Å². The van der Waals surface area contributed by atoms with Gasteiger partial charge in [0.25, 0.3) is 0 Å². The van der Waals surface area contributed by atoms with Crippen LogP contribution in [0.3, 0.4) is 0 Å². The fourth-order valence-corrected chi connectivity index (χ4v) is 1.03. The lowest BCUT2D eigenvalue weighted by atomic mass is 10.0. The molecule has 0 saturated heterocycles. The Labute approximate surface area is 75.8 Å². The monoisotopic (exact) mass is 171 g/mol. The molecule has 2 heteroatoms. The summed E-state index contributed by atoms with van der Waals surface area (Å²) in [5.74, 6) is 0.